The van der Waals surface area contributed by atoms with Crippen molar-refractivity contribution in [2.24, 2.45) is 5.41 Å². The molecule has 0 saturated carbocycles. The van der Waals surface area contributed by atoms with Crippen molar-refractivity contribution < 1.29 is 36.9 Å². The van der Waals surface area contributed by atoms with Crippen LogP contribution in [0.25, 0.3) is 0 Å². The predicted molar refractivity (Wildman–Crippen MR) is 181 cm³/mol. The number of carbonyl (C=O) groups is 1. The van der Waals surface area contributed by atoms with Crippen LogP contribution in [-0.4, -0.2) is 116 Å². The van der Waals surface area contributed by atoms with E-state index < -0.39 is 18.2 Å². The first-order chi connectivity index (χ1) is 22.6. The lowest BCUT2D eigenvalue weighted by molar-refractivity contribution is -0.173. The second-order valence-corrected chi connectivity index (χ2v) is 12.7. The Bertz CT molecular complexity index is 1500. The smallest absolute Gasteiger partial charge is 0.422 e. The van der Waals surface area contributed by atoms with Gasteiger partial charge >= 0.3 is 12.2 Å². The van der Waals surface area contributed by atoms with E-state index in [1.807, 2.05) is 48.2 Å². The molecule has 3 saturated heterocycles. The fourth-order valence-corrected chi connectivity index (χ4v) is 7.01. The van der Waals surface area contributed by atoms with Crippen molar-refractivity contribution in [1.82, 2.24) is 24.7 Å². The molecular weight excluding hydrogens is 686 g/mol. The van der Waals surface area contributed by atoms with Crippen LogP contribution >= 0.6 is 24.8 Å². The molecule has 49 heavy (non-hydrogen) atoms. The normalized spacial score (nSPS) is 20.7. The van der Waals surface area contributed by atoms with Crippen LogP contribution in [0.4, 0.5) is 13.2 Å². The monoisotopic (exact) mass is 727 g/mol. The minimum Gasteiger partial charge on any atom is -0.481 e. The summed E-state index contributed by atoms with van der Waals surface area (Å²) in [5, 5.41) is 0. The van der Waals surface area contributed by atoms with Crippen LogP contribution in [0.5, 0.6) is 17.8 Å². The summed E-state index contributed by atoms with van der Waals surface area (Å²) >= 11 is 0. The van der Waals surface area contributed by atoms with Gasteiger partial charge in [0.2, 0.25) is 17.7 Å². The van der Waals surface area contributed by atoms with Crippen molar-refractivity contribution in [1.29, 1.82) is 0 Å². The van der Waals surface area contributed by atoms with E-state index in [0.717, 1.165) is 11.1 Å². The minimum absolute atomic E-state index is 0. The molecule has 3 aromatic rings. The Hall–Kier alpha value is -3.36. The Morgan fingerprint density at radius 1 is 0.918 bits per heavy atom. The Kier molecular flexibility index (Phi) is 12.6. The summed E-state index contributed by atoms with van der Waals surface area (Å²) in [5.41, 5.74) is 2.08. The highest BCUT2D eigenvalue weighted by Gasteiger charge is 2.48. The standard InChI is InChI=1S/C34H40F3N5O5.2ClH/c1-33(20-46-21-33)31(43)41-14-15-42-25(17-41)16-40(18-26-29(44-2)38-32(45-3)39-30(26)47-22-34(35,36)37)19-27(42)28(23-10-6-4-7-11-23)24-12-8-5-9-13-24;;/h4-13,25,27-28H,14-22H2,1-3H3;2*1H. The number of aromatic nitrogens is 2. The second-order valence-electron chi connectivity index (χ2n) is 12.7. The van der Waals surface area contributed by atoms with Crippen molar-refractivity contribution in [3.8, 4) is 17.8 Å². The summed E-state index contributed by atoms with van der Waals surface area (Å²) in [7, 11) is 2.72. The number of methoxy groups -OCH3 is 2. The zero-order valence-electron chi connectivity index (χ0n) is 27.6. The molecule has 15 heteroatoms. The molecular formula is C34H42Cl2F3N5O5. The zero-order valence-corrected chi connectivity index (χ0v) is 29.2. The number of fused-ring (bicyclic) bond motifs is 1. The topological polar surface area (TPSA) is 89.5 Å². The summed E-state index contributed by atoms with van der Waals surface area (Å²) in [6, 6.07) is 20.4. The molecule has 3 aliphatic heterocycles. The summed E-state index contributed by atoms with van der Waals surface area (Å²) in [6.45, 7) is 4.36. The molecule has 2 atom stereocenters. The summed E-state index contributed by atoms with van der Waals surface area (Å²) < 4.78 is 61.1. The van der Waals surface area contributed by atoms with Gasteiger partial charge in [-0.1, -0.05) is 60.7 Å². The molecule has 2 unspecified atom stereocenters. The van der Waals surface area contributed by atoms with E-state index in [1.54, 1.807) is 0 Å². The van der Waals surface area contributed by atoms with Crippen LogP contribution < -0.4 is 14.2 Å². The maximum atomic E-state index is 13.6. The fraction of sp³-hybridized carbons (Fsp3) is 0.500. The zero-order chi connectivity index (χ0) is 33.2. The number of piperazine rings is 2. The number of hydrogen-bond donors (Lipinski definition) is 0. The molecule has 4 heterocycles. The number of halogens is 5. The van der Waals surface area contributed by atoms with E-state index in [4.69, 9.17) is 18.9 Å². The van der Waals surface area contributed by atoms with Gasteiger partial charge in [-0.05, 0) is 18.1 Å². The molecule has 1 aromatic heterocycles. The summed E-state index contributed by atoms with van der Waals surface area (Å²) in [6.07, 6.45) is -4.57. The lowest BCUT2D eigenvalue weighted by Crippen LogP contribution is -2.68. The van der Waals surface area contributed by atoms with Gasteiger partial charge in [0.25, 0.3) is 0 Å². The van der Waals surface area contributed by atoms with Gasteiger partial charge in [0.15, 0.2) is 6.61 Å². The third-order valence-electron chi connectivity index (χ3n) is 9.26. The van der Waals surface area contributed by atoms with Crippen molar-refractivity contribution in [2.45, 2.75) is 37.6 Å². The molecule has 0 N–H and O–H groups in total. The first-order valence-electron chi connectivity index (χ1n) is 15.7. The van der Waals surface area contributed by atoms with Gasteiger partial charge in [0.05, 0.1) is 38.4 Å². The van der Waals surface area contributed by atoms with Crippen molar-refractivity contribution in [3.05, 3.63) is 77.4 Å². The first-order valence-corrected chi connectivity index (χ1v) is 15.7. The number of rotatable bonds is 10. The molecule has 0 spiro atoms. The number of alkyl halides is 3. The maximum absolute atomic E-state index is 13.6. The molecule has 0 radical (unpaired) electrons. The quantitative estimate of drug-likeness (QED) is 0.291. The average Bonchev–Trinajstić information content (AvgIpc) is 3.06. The number of nitrogens with zero attached hydrogens (tertiary/aromatic N) is 5. The molecule has 6 rings (SSSR count). The molecule has 3 fully saturated rings. The predicted octanol–water partition coefficient (Wildman–Crippen LogP) is 4.84. The molecule has 10 nitrogen and oxygen atoms in total. The van der Waals surface area contributed by atoms with Gasteiger partial charge in [0.1, 0.15) is 0 Å². The van der Waals surface area contributed by atoms with E-state index in [1.165, 1.54) is 14.2 Å². The van der Waals surface area contributed by atoms with Crippen LogP contribution in [0.3, 0.4) is 0 Å². The van der Waals surface area contributed by atoms with Crippen LogP contribution in [0.15, 0.2) is 60.7 Å². The average molecular weight is 729 g/mol. The Morgan fingerprint density at radius 2 is 1.53 bits per heavy atom. The van der Waals surface area contributed by atoms with Crippen molar-refractivity contribution in [3.63, 3.8) is 0 Å². The lowest BCUT2D eigenvalue weighted by Gasteiger charge is -2.54. The largest absolute Gasteiger partial charge is 0.481 e. The number of carbonyl (C=O) groups excluding carboxylic acids is 1. The number of benzene rings is 2. The molecule has 3 aliphatic rings. The number of hydrogen-bond acceptors (Lipinski definition) is 9. The van der Waals surface area contributed by atoms with E-state index >= 15 is 0 Å². The summed E-state index contributed by atoms with van der Waals surface area (Å²) in [4.78, 5) is 28.7. The second kappa shape index (κ2) is 16.1. The van der Waals surface area contributed by atoms with Crippen LogP contribution in [0, 0.1) is 5.41 Å². The lowest BCUT2D eigenvalue weighted by atomic mass is 9.81. The van der Waals surface area contributed by atoms with E-state index in [-0.39, 0.29) is 73.0 Å². The van der Waals surface area contributed by atoms with Crippen LogP contribution in [0.2, 0.25) is 0 Å². The van der Waals surface area contributed by atoms with E-state index in [2.05, 4.69) is 44.0 Å². The van der Waals surface area contributed by atoms with E-state index in [9.17, 15) is 18.0 Å². The first kappa shape index (κ1) is 38.4. The maximum Gasteiger partial charge on any atom is 0.422 e. The highest BCUT2D eigenvalue weighted by atomic mass is 35.5. The van der Waals surface area contributed by atoms with Crippen LogP contribution in [-0.2, 0) is 16.1 Å². The Balaban J connectivity index is 0.00000270. The van der Waals surface area contributed by atoms with Crippen LogP contribution in [0.1, 0.15) is 29.5 Å². The van der Waals surface area contributed by atoms with Gasteiger partial charge in [-0.15, -0.1) is 24.8 Å². The number of ether oxygens (including phenoxy) is 4. The van der Waals surface area contributed by atoms with E-state index in [0.29, 0.717) is 51.5 Å². The van der Waals surface area contributed by atoms with Crippen molar-refractivity contribution in [2.75, 3.05) is 66.8 Å². The molecule has 0 bridgehead atoms. The fourth-order valence-electron chi connectivity index (χ4n) is 7.01. The Labute approximate surface area is 296 Å². The van der Waals surface area contributed by atoms with Gasteiger partial charge < -0.3 is 23.8 Å². The number of amides is 1. The third-order valence-corrected chi connectivity index (χ3v) is 9.26. The highest BCUT2D eigenvalue weighted by Crippen LogP contribution is 2.39. The Morgan fingerprint density at radius 3 is 2.06 bits per heavy atom. The van der Waals surface area contributed by atoms with Gasteiger partial charge in [-0.3, -0.25) is 14.6 Å². The minimum atomic E-state index is -4.57. The molecule has 1 amide bonds. The molecule has 268 valence electrons. The van der Waals surface area contributed by atoms with Crippen molar-refractivity contribution >= 4 is 30.7 Å². The van der Waals surface area contributed by atoms with Gasteiger partial charge in [-0.25, -0.2) is 0 Å². The summed E-state index contributed by atoms with van der Waals surface area (Å²) in [5.74, 6) is -0.0923. The third kappa shape index (κ3) is 8.51. The van der Waals surface area contributed by atoms with Gasteiger partial charge in [0, 0.05) is 57.3 Å². The SMILES string of the molecule is COc1nc(OC)c(CN2CC3CN(C(=O)C4(C)COC4)CCN3C(C(c3ccccc3)c3ccccc3)C2)c(OCC(F)(F)F)n1.Cl.Cl. The highest BCUT2D eigenvalue weighted by molar-refractivity contribution is 5.85. The molecule has 0 aliphatic carbocycles. The van der Waals surface area contributed by atoms with Gasteiger partial charge in [-0.2, -0.15) is 23.1 Å². The molecule has 2 aromatic carbocycles.